The van der Waals surface area contributed by atoms with Crippen molar-refractivity contribution in [1.82, 2.24) is 5.32 Å². The van der Waals surface area contributed by atoms with Crippen LogP contribution in [-0.2, 0) is 13.0 Å². The van der Waals surface area contributed by atoms with Crippen LogP contribution < -0.4 is 10.1 Å². The molecular weight excluding hydrogens is 258 g/mol. The van der Waals surface area contributed by atoms with Gasteiger partial charge < -0.3 is 10.1 Å². The average molecular weight is 283 g/mol. The molecular formula is C19H25NO. The van der Waals surface area contributed by atoms with Crippen LogP contribution in [0.4, 0.5) is 0 Å². The third-order valence-corrected chi connectivity index (χ3v) is 3.73. The fourth-order valence-electron chi connectivity index (χ4n) is 2.28. The van der Waals surface area contributed by atoms with Crippen LogP contribution >= 0.6 is 0 Å². The Morgan fingerprint density at radius 1 is 0.905 bits per heavy atom. The lowest BCUT2D eigenvalue weighted by Crippen LogP contribution is -2.16. The minimum absolute atomic E-state index is 0.599. The Bertz CT molecular complexity index is 528. The van der Waals surface area contributed by atoms with E-state index in [1.54, 1.807) is 7.11 Å². The van der Waals surface area contributed by atoms with E-state index in [1.807, 2.05) is 12.1 Å². The van der Waals surface area contributed by atoms with Gasteiger partial charge in [-0.1, -0.05) is 50.2 Å². The number of hydrogen-bond donors (Lipinski definition) is 1. The van der Waals surface area contributed by atoms with Gasteiger partial charge in [0.2, 0.25) is 0 Å². The second kappa shape index (κ2) is 7.84. The molecule has 0 unspecified atom stereocenters. The number of nitrogens with one attached hydrogen (secondary N) is 1. The normalized spacial score (nSPS) is 10.9. The standard InChI is InChI=1S/C19H25NO/c1-15(2)18-8-4-17(5-9-18)14-20-13-12-16-6-10-19(21-3)11-7-16/h4-11,15,20H,12-14H2,1-3H3. The lowest BCUT2D eigenvalue weighted by molar-refractivity contribution is 0.414. The Hall–Kier alpha value is -1.80. The summed E-state index contributed by atoms with van der Waals surface area (Å²) in [7, 11) is 1.70. The maximum atomic E-state index is 5.16. The summed E-state index contributed by atoms with van der Waals surface area (Å²) in [5.74, 6) is 1.51. The molecule has 0 aliphatic rings. The van der Waals surface area contributed by atoms with Crippen LogP contribution in [0.25, 0.3) is 0 Å². The molecule has 0 saturated heterocycles. The van der Waals surface area contributed by atoms with Crippen LogP contribution in [0.2, 0.25) is 0 Å². The first-order valence-electron chi connectivity index (χ1n) is 7.61. The van der Waals surface area contributed by atoms with Gasteiger partial charge in [-0.3, -0.25) is 0 Å². The predicted molar refractivity (Wildman–Crippen MR) is 88.9 cm³/mol. The molecule has 1 N–H and O–H groups in total. The summed E-state index contributed by atoms with van der Waals surface area (Å²) in [4.78, 5) is 0. The van der Waals surface area contributed by atoms with E-state index in [1.165, 1.54) is 16.7 Å². The summed E-state index contributed by atoms with van der Waals surface area (Å²) in [6.45, 7) is 6.36. The molecule has 0 spiro atoms. The largest absolute Gasteiger partial charge is 0.497 e. The van der Waals surface area contributed by atoms with Crippen molar-refractivity contribution < 1.29 is 4.74 Å². The lowest BCUT2D eigenvalue weighted by atomic mass is 10.0. The smallest absolute Gasteiger partial charge is 0.118 e. The maximum Gasteiger partial charge on any atom is 0.118 e. The molecule has 2 rings (SSSR count). The van der Waals surface area contributed by atoms with Gasteiger partial charge >= 0.3 is 0 Å². The highest BCUT2D eigenvalue weighted by Crippen LogP contribution is 2.14. The molecule has 0 radical (unpaired) electrons. The second-order valence-corrected chi connectivity index (χ2v) is 5.67. The number of hydrogen-bond acceptors (Lipinski definition) is 2. The van der Waals surface area contributed by atoms with Crippen molar-refractivity contribution in [2.24, 2.45) is 0 Å². The van der Waals surface area contributed by atoms with Crippen molar-refractivity contribution in [3.8, 4) is 5.75 Å². The van der Waals surface area contributed by atoms with E-state index in [0.29, 0.717) is 5.92 Å². The highest BCUT2D eigenvalue weighted by Gasteiger charge is 1.99. The van der Waals surface area contributed by atoms with Crippen LogP contribution in [0.1, 0.15) is 36.5 Å². The van der Waals surface area contributed by atoms with Crippen LogP contribution in [-0.4, -0.2) is 13.7 Å². The van der Waals surface area contributed by atoms with Crippen molar-refractivity contribution in [3.63, 3.8) is 0 Å². The molecule has 0 aliphatic carbocycles. The van der Waals surface area contributed by atoms with Crippen molar-refractivity contribution in [1.29, 1.82) is 0 Å². The van der Waals surface area contributed by atoms with Crippen molar-refractivity contribution >= 4 is 0 Å². The van der Waals surface area contributed by atoms with E-state index in [-0.39, 0.29) is 0 Å². The fourth-order valence-corrected chi connectivity index (χ4v) is 2.28. The second-order valence-electron chi connectivity index (χ2n) is 5.67. The summed E-state index contributed by atoms with van der Waals surface area (Å²) >= 11 is 0. The first-order valence-corrected chi connectivity index (χ1v) is 7.61. The van der Waals surface area contributed by atoms with Gasteiger partial charge in [0.05, 0.1) is 7.11 Å². The van der Waals surface area contributed by atoms with Gasteiger partial charge in [-0.2, -0.15) is 0 Å². The molecule has 0 bridgehead atoms. The zero-order valence-electron chi connectivity index (χ0n) is 13.2. The third-order valence-electron chi connectivity index (χ3n) is 3.73. The molecule has 0 saturated carbocycles. The van der Waals surface area contributed by atoms with Crippen LogP contribution in [0.3, 0.4) is 0 Å². The molecule has 2 heteroatoms. The molecule has 0 heterocycles. The van der Waals surface area contributed by atoms with Crippen LogP contribution in [0, 0.1) is 0 Å². The summed E-state index contributed by atoms with van der Waals surface area (Å²) in [5.41, 5.74) is 4.07. The summed E-state index contributed by atoms with van der Waals surface area (Å²) in [6, 6.07) is 17.2. The van der Waals surface area contributed by atoms with Crippen LogP contribution in [0.5, 0.6) is 5.75 Å². The molecule has 0 amide bonds. The van der Waals surface area contributed by atoms with Crippen molar-refractivity contribution in [3.05, 3.63) is 65.2 Å². The SMILES string of the molecule is COc1ccc(CCNCc2ccc(C(C)C)cc2)cc1. The summed E-state index contributed by atoms with van der Waals surface area (Å²) in [6.07, 6.45) is 1.04. The molecule has 0 aromatic heterocycles. The molecule has 2 aromatic rings. The Morgan fingerprint density at radius 2 is 1.52 bits per heavy atom. The maximum absolute atomic E-state index is 5.16. The van der Waals surface area contributed by atoms with Gasteiger partial charge in [0.25, 0.3) is 0 Å². The molecule has 0 fully saturated rings. The molecule has 2 aromatic carbocycles. The Labute approximate surface area is 128 Å². The van der Waals surface area contributed by atoms with Gasteiger partial charge in [-0.05, 0) is 47.7 Å². The fraction of sp³-hybridized carbons (Fsp3) is 0.368. The quantitative estimate of drug-likeness (QED) is 0.771. The number of benzene rings is 2. The minimum atomic E-state index is 0.599. The highest BCUT2D eigenvalue weighted by molar-refractivity contribution is 5.27. The van der Waals surface area contributed by atoms with E-state index in [9.17, 15) is 0 Å². The first-order chi connectivity index (χ1) is 10.2. The Balaban J connectivity index is 1.73. The molecule has 21 heavy (non-hydrogen) atoms. The van der Waals surface area contributed by atoms with Gasteiger partial charge in [0.1, 0.15) is 5.75 Å². The summed E-state index contributed by atoms with van der Waals surface area (Å²) < 4.78 is 5.16. The first kappa shape index (κ1) is 15.6. The monoisotopic (exact) mass is 283 g/mol. The number of rotatable bonds is 7. The lowest BCUT2D eigenvalue weighted by Gasteiger charge is -2.08. The topological polar surface area (TPSA) is 21.3 Å². The molecule has 0 aliphatic heterocycles. The zero-order chi connectivity index (χ0) is 15.1. The molecule has 2 nitrogen and oxygen atoms in total. The van der Waals surface area contributed by atoms with Gasteiger partial charge in [-0.25, -0.2) is 0 Å². The van der Waals surface area contributed by atoms with E-state index in [2.05, 4.69) is 55.6 Å². The van der Waals surface area contributed by atoms with E-state index in [0.717, 1.165) is 25.3 Å². The summed E-state index contributed by atoms with van der Waals surface area (Å²) in [5, 5.41) is 3.50. The Kier molecular flexibility index (Phi) is 5.82. The van der Waals surface area contributed by atoms with Crippen LogP contribution in [0.15, 0.2) is 48.5 Å². The van der Waals surface area contributed by atoms with Crippen molar-refractivity contribution in [2.45, 2.75) is 32.7 Å². The average Bonchev–Trinajstić information content (AvgIpc) is 2.52. The predicted octanol–water partition coefficient (Wildman–Crippen LogP) is 4.15. The Morgan fingerprint density at radius 3 is 2.10 bits per heavy atom. The molecule has 112 valence electrons. The van der Waals surface area contributed by atoms with E-state index < -0.39 is 0 Å². The number of methoxy groups -OCH3 is 1. The minimum Gasteiger partial charge on any atom is -0.497 e. The van der Waals surface area contributed by atoms with Crippen molar-refractivity contribution in [2.75, 3.05) is 13.7 Å². The molecule has 0 atom stereocenters. The highest BCUT2D eigenvalue weighted by atomic mass is 16.5. The van der Waals surface area contributed by atoms with Gasteiger partial charge in [-0.15, -0.1) is 0 Å². The van der Waals surface area contributed by atoms with Gasteiger partial charge in [0.15, 0.2) is 0 Å². The van der Waals surface area contributed by atoms with E-state index in [4.69, 9.17) is 4.74 Å². The number of ether oxygens (including phenoxy) is 1. The third kappa shape index (κ3) is 4.91. The van der Waals surface area contributed by atoms with Gasteiger partial charge in [0, 0.05) is 6.54 Å². The zero-order valence-corrected chi connectivity index (χ0v) is 13.2. The van der Waals surface area contributed by atoms with E-state index >= 15 is 0 Å².